The van der Waals surface area contributed by atoms with E-state index in [0.29, 0.717) is 31.1 Å². The second-order valence-corrected chi connectivity index (χ2v) is 5.87. The summed E-state index contributed by atoms with van der Waals surface area (Å²) in [4.78, 5) is 14.9. The van der Waals surface area contributed by atoms with Gasteiger partial charge in [0.15, 0.2) is 0 Å². The number of amides is 1. The standard InChI is InChI=1S/C18H23N3O3/c1-23-12-13-24-17-8-3-2-7-16(17)18(22)20-10-4-6-15(14-20)21-11-5-9-19-21/h2-3,5,7-9,11,15H,4,6,10,12-14H2,1H3/t15-/m1/s1. The average molecular weight is 329 g/mol. The molecule has 1 fully saturated rings. The summed E-state index contributed by atoms with van der Waals surface area (Å²) in [6.45, 7) is 2.36. The van der Waals surface area contributed by atoms with Crippen molar-refractivity contribution in [2.45, 2.75) is 18.9 Å². The van der Waals surface area contributed by atoms with Crippen molar-refractivity contribution in [3.63, 3.8) is 0 Å². The summed E-state index contributed by atoms with van der Waals surface area (Å²) in [7, 11) is 1.63. The van der Waals surface area contributed by atoms with Gasteiger partial charge in [-0.05, 0) is 31.0 Å². The Bertz CT molecular complexity index is 657. The van der Waals surface area contributed by atoms with Crippen LogP contribution in [0.25, 0.3) is 0 Å². The lowest BCUT2D eigenvalue weighted by Crippen LogP contribution is -2.41. The molecule has 2 heterocycles. The normalized spacial score (nSPS) is 17.7. The van der Waals surface area contributed by atoms with Crippen molar-refractivity contribution in [3.8, 4) is 5.75 Å². The molecule has 0 spiro atoms. The van der Waals surface area contributed by atoms with Crippen LogP contribution in [0.5, 0.6) is 5.75 Å². The van der Waals surface area contributed by atoms with Gasteiger partial charge in [-0.15, -0.1) is 0 Å². The summed E-state index contributed by atoms with van der Waals surface area (Å²) in [5.41, 5.74) is 0.606. The molecule has 2 aromatic rings. The van der Waals surface area contributed by atoms with Gasteiger partial charge in [0.1, 0.15) is 12.4 Å². The maximum Gasteiger partial charge on any atom is 0.257 e. The number of piperidine rings is 1. The molecule has 0 bridgehead atoms. The van der Waals surface area contributed by atoms with Crippen LogP contribution in [0.15, 0.2) is 42.7 Å². The summed E-state index contributed by atoms with van der Waals surface area (Å²) in [5.74, 6) is 0.626. The molecule has 24 heavy (non-hydrogen) atoms. The van der Waals surface area contributed by atoms with E-state index >= 15 is 0 Å². The van der Waals surface area contributed by atoms with E-state index in [1.807, 2.05) is 46.1 Å². The van der Waals surface area contributed by atoms with Gasteiger partial charge in [-0.1, -0.05) is 12.1 Å². The fourth-order valence-electron chi connectivity index (χ4n) is 3.03. The largest absolute Gasteiger partial charge is 0.490 e. The third kappa shape index (κ3) is 3.76. The van der Waals surface area contributed by atoms with Crippen molar-refractivity contribution in [3.05, 3.63) is 48.3 Å². The van der Waals surface area contributed by atoms with Crippen molar-refractivity contribution in [2.75, 3.05) is 33.4 Å². The van der Waals surface area contributed by atoms with Crippen LogP contribution in [0.1, 0.15) is 29.2 Å². The number of aromatic nitrogens is 2. The Morgan fingerprint density at radius 2 is 2.17 bits per heavy atom. The van der Waals surface area contributed by atoms with Gasteiger partial charge < -0.3 is 14.4 Å². The van der Waals surface area contributed by atoms with E-state index in [2.05, 4.69) is 5.10 Å². The molecule has 1 amide bonds. The summed E-state index contributed by atoms with van der Waals surface area (Å²) in [6.07, 6.45) is 5.75. The third-order valence-electron chi connectivity index (χ3n) is 4.25. The molecule has 0 saturated carbocycles. The highest BCUT2D eigenvalue weighted by atomic mass is 16.5. The summed E-state index contributed by atoms with van der Waals surface area (Å²) < 4.78 is 12.6. The lowest BCUT2D eigenvalue weighted by atomic mass is 10.0. The first-order valence-corrected chi connectivity index (χ1v) is 8.29. The summed E-state index contributed by atoms with van der Waals surface area (Å²) in [5, 5.41) is 4.31. The van der Waals surface area contributed by atoms with E-state index in [9.17, 15) is 4.79 Å². The van der Waals surface area contributed by atoms with Crippen LogP contribution in [-0.2, 0) is 4.74 Å². The third-order valence-corrected chi connectivity index (χ3v) is 4.25. The molecule has 1 atom stereocenters. The molecule has 0 N–H and O–H groups in total. The number of hydrogen-bond donors (Lipinski definition) is 0. The fraction of sp³-hybridized carbons (Fsp3) is 0.444. The number of likely N-dealkylation sites (tertiary alicyclic amines) is 1. The number of ether oxygens (including phenoxy) is 2. The number of methoxy groups -OCH3 is 1. The highest BCUT2D eigenvalue weighted by Gasteiger charge is 2.27. The Hall–Kier alpha value is -2.34. The first-order valence-electron chi connectivity index (χ1n) is 8.29. The minimum atomic E-state index is 0.0138. The molecule has 1 saturated heterocycles. The zero-order chi connectivity index (χ0) is 16.8. The highest BCUT2D eigenvalue weighted by Crippen LogP contribution is 2.25. The quantitative estimate of drug-likeness (QED) is 0.764. The van der Waals surface area contributed by atoms with Crippen LogP contribution < -0.4 is 4.74 Å². The molecular formula is C18H23N3O3. The Labute approximate surface area is 142 Å². The fourth-order valence-corrected chi connectivity index (χ4v) is 3.03. The van der Waals surface area contributed by atoms with Crippen molar-refractivity contribution in [1.82, 2.24) is 14.7 Å². The van der Waals surface area contributed by atoms with E-state index in [-0.39, 0.29) is 11.9 Å². The first kappa shape index (κ1) is 16.5. The molecule has 6 nitrogen and oxygen atoms in total. The van der Waals surface area contributed by atoms with Crippen LogP contribution in [0, 0.1) is 0 Å². The molecule has 1 aliphatic rings. The zero-order valence-electron chi connectivity index (χ0n) is 13.9. The lowest BCUT2D eigenvalue weighted by molar-refractivity contribution is 0.0666. The molecule has 6 heteroatoms. The Morgan fingerprint density at radius 3 is 2.96 bits per heavy atom. The predicted octanol–water partition coefficient (Wildman–Crippen LogP) is 2.39. The molecule has 1 aromatic heterocycles. The number of carbonyl (C=O) groups excluding carboxylic acids is 1. The van der Waals surface area contributed by atoms with Crippen molar-refractivity contribution >= 4 is 5.91 Å². The molecule has 1 aromatic carbocycles. The number of nitrogens with zero attached hydrogens (tertiary/aromatic N) is 3. The minimum absolute atomic E-state index is 0.0138. The van der Waals surface area contributed by atoms with Gasteiger partial charge in [0.25, 0.3) is 5.91 Å². The topological polar surface area (TPSA) is 56.6 Å². The van der Waals surface area contributed by atoms with Crippen LogP contribution in [0.2, 0.25) is 0 Å². The average Bonchev–Trinajstić information content (AvgIpc) is 3.17. The molecule has 3 rings (SSSR count). The molecule has 0 unspecified atom stereocenters. The first-order chi connectivity index (χ1) is 11.8. The van der Waals surface area contributed by atoms with Crippen molar-refractivity contribution in [1.29, 1.82) is 0 Å². The number of carbonyl (C=O) groups is 1. The Morgan fingerprint density at radius 1 is 1.29 bits per heavy atom. The molecule has 0 aliphatic carbocycles. The zero-order valence-corrected chi connectivity index (χ0v) is 13.9. The van der Waals surface area contributed by atoms with Crippen LogP contribution in [0.3, 0.4) is 0 Å². The van der Waals surface area contributed by atoms with E-state index in [0.717, 1.165) is 19.4 Å². The van der Waals surface area contributed by atoms with Crippen molar-refractivity contribution < 1.29 is 14.3 Å². The van der Waals surface area contributed by atoms with Crippen LogP contribution in [-0.4, -0.2) is 54.0 Å². The number of benzene rings is 1. The van der Waals surface area contributed by atoms with Gasteiger partial charge in [0.05, 0.1) is 18.2 Å². The van der Waals surface area contributed by atoms with Crippen molar-refractivity contribution in [2.24, 2.45) is 0 Å². The smallest absolute Gasteiger partial charge is 0.257 e. The lowest BCUT2D eigenvalue weighted by Gasteiger charge is -2.33. The number of para-hydroxylation sites is 1. The van der Waals surface area contributed by atoms with E-state index in [1.54, 1.807) is 13.3 Å². The number of hydrogen-bond acceptors (Lipinski definition) is 4. The van der Waals surface area contributed by atoms with E-state index in [1.165, 1.54) is 0 Å². The van der Waals surface area contributed by atoms with Gasteiger partial charge in [-0.3, -0.25) is 9.48 Å². The van der Waals surface area contributed by atoms with E-state index in [4.69, 9.17) is 9.47 Å². The highest BCUT2D eigenvalue weighted by molar-refractivity contribution is 5.97. The molecule has 128 valence electrons. The molecule has 1 aliphatic heterocycles. The maximum atomic E-state index is 13.0. The second kappa shape index (κ2) is 7.97. The predicted molar refractivity (Wildman–Crippen MR) is 90.2 cm³/mol. The monoisotopic (exact) mass is 329 g/mol. The molecular weight excluding hydrogens is 306 g/mol. The van der Waals surface area contributed by atoms with Crippen LogP contribution >= 0.6 is 0 Å². The van der Waals surface area contributed by atoms with Gasteiger partial charge in [-0.2, -0.15) is 5.10 Å². The van der Waals surface area contributed by atoms with Crippen LogP contribution in [0.4, 0.5) is 0 Å². The summed E-state index contributed by atoms with van der Waals surface area (Å²) >= 11 is 0. The SMILES string of the molecule is COCCOc1ccccc1C(=O)N1CCC[C@@H](n2cccn2)C1. The minimum Gasteiger partial charge on any atom is -0.490 e. The van der Waals surface area contributed by atoms with Gasteiger partial charge in [0.2, 0.25) is 0 Å². The van der Waals surface area contributed by atoms with Gasteiger partial charge in [-0.25, -0.2) is 0 Å². The van der Waals surface area contributed by atoms with E-state index < -0.39 is 0 Å². The Kier molecular flexibility index (Phi) is 5.48. The summed E-state index contributed by atoms with van der Waals surface area (Å²) in [6, 6.07) is 9.55. The second-order valence-electron chi connectivity index (χ2n) is 5.87. The molecule has 0 radical (unpaired) electrons. The number of rotatable bonds is 6. The Balaban J connectivity index is 1.71. The van der Waals surface area contributed by atoms with Gasteiger partial charge >= 0.3 is 0 Å². The van der Waals surface area contributed by atoms with Gasteiger partial charge in [0, 0.05) is 32.6 Å². The maximum absolute atomic E-state index is 13.0.